The van der Waals surface area contributed by atoms with Crippen LogP contribution in [-0.2, 0) is 0 Å². The van der Waals surface area contributed by atoms with Gasteiger partial charge in [-0.1, -0.05) is 6.07 Å². The number of fused-ring (bicyclic) bond motifs is 1. The second-order valence-corrected chi connectivity index (χ2v) is 2.62. The second-order valence-electron chi connectivity index (χ2n) is 2.09. The lowest BCUT2D eigenvalue weighted by molar-refractivity contribution is 0.419. The quantitative estimate of drug-likeness (QED) is 0.646. The summed E-state index contributed by atoms with van der Waals surface area (Å²) in [5.74, 6) is 0.788. The zero-order valence-electron chi connectivity index (χ0n) is 5.94. The molecule has 0 aliphatic heterocycles. The van der Waals surface area contributed by atoms with Crippen LogP contribution in [0.1, 0.15) is 0 Å². The summed E-state index contributed by atoms with van der Waals surface area (Å²) in [7, 11) is 1.63. The fraction of sp³-hybridized carbons (Fsp3) is 0.143. The highest BCUT2D eigenvalue weighted by molar-refractivity contribution is 7.00. The van der Waals surface area contributed by atoms with Gasteiger partial charge in [0.1, 0.15) is 16.8 Å². The number of nitrogens with zero attached hydrogens (tertiary/aromatic N) is 2. The molecule has 1 aromatic heterocycles. The van der Waals surface area contributed by atoms with E-state index in [0.29, 0.717) is 0 Å². The molecule has 0 radical (unpaired) electrons. The third-order valence-electron chi connectivity index (χ3n) is 1.47. The molecular weight excluding hydrogens is 160 g/mol. The Balaban J connectivity index is 2.79. The number of hydrogen-bond donors (Lipinski definition) is 0. The average molecular weight is 166 g/mol. The van der Waals surface area contributed by atoms with Gasteiger partial charge in [0.2, 0.25) is 0 Å². The molecule has 2 aromatic rings. The van der Waals surface area contributed by atoms with Gasteiger partial charge in [-0.05, 0) is 12.1 Å². The Bertz CT molecular complexity index is 371. The Labute approximate surface area is 68.0 Å². The summed E-state index contributed by atoms with van der Waals surface area (Å²) < 4.78 is 13.3. The van der Waals surface area contributed by atoms with Crippen molar-refractivity contribution in [1.82, 2.24) is 8.75 Å². The van der Waals surface area contributed by atoms with Gasteiger partial charge in [-0.25, -0.2) is 0 Å². The standard InChI is InChI=1S/C7H6N2OS/c1-10-6-4-2-3-5-7(6)9-11-8-5/h2-4H,1H3. The third-order valence-corrected chi connectivity index (χ3v) is 2.01. The highest BCUT2D eigenvalue weighted by Crippen LogP contribution is 2.22. The van der Waals surface area contributed by atoms with Crippen molar-refractivity contribution in [2.45, 2.75) is 0 Å². The number of aromatic nitrogens is 2. The van der Waals surface area contributed by atoms with Gasteiger partial charge in [-0.3, -0.25) is 0 Å². The van der Waals surface area contributed by atoms with Crippen LogP contribution in [0.4, 0.5) is 0 Å². The van der Waals surface area contributed by atoms with Crippen LogP contribution in [0.25, 0.3) is 11.0 Å². The number of benzene rings is 1. The molecule has 0 aliphatic rings. The Morgan fingerprint density at radius 2 is 2.27 bits per heavy atom. The minimum atomic E-state index is 0.788. The molecule has 0 saturated carbocycles. The summed E-state index contributed by atoms with van der Waals surface area (Å²) in [5.41, 5.74) is 1.74. The lowest BCUT2D eigenvalue weighted by Gasteiger charge is -1.96. The molecule has 0 amide bonds. The smallest absolute Gasteiger partial charge is 0.147 e. The monoisotopic (exact) mass is 166 g/mol. The predicted octanol–water partition coefficient (Wildman–Crippen LogP) is 1.70. The summed E-state index contributed by atoms with van der Waals surface area (Å²) in [6.45, 7) is 0. The summed E-state index contributed by atoms with van der Waals surface area (Å²) in [4.78, 5) is 0. The molecule has 4 heteroatoms. The van der Waals surface area contributed by atoms with Gasteiger partial charge < -0.3 is 4.74 Å². The molecule has 0 fully saturated rings. The van der Waals surface area contributed by atoms with E-state index in [9.17, 15) is 0 Å². The molecule has 0 aliphatic carbocycles. The zero-order valence-corrected chi connectivity index (χ0v) is 6.76. The minimum Gasteiger partial charge on any atom is -0.494 e. The van der Waals surface area contributed by atoms with Crippen molar-refractivity contribution in [3.63, 3.8) is 0 Å². The highest BCUT2D eigenvalue weighted by atomic mass is 32.1. The van der Waals surface area contributed by atoms with E-state index < -0.39 is 0 Å². The Hall–Kier alpha value is -1.16. The van der Waals surface area contributed by atoms with Crippen LogP contribution < -0.4 is 4.74 Å². The fourth-order valence-electron chi connectivity index (χ4n) is 0.946. The number of methoxy groups -OCH3 is 1. The maximum Gasteiger partial charge on any atom is 0.147 e. The normalized spacial score (nSPS) is 10.3. The topological polar surface area (TPSA) is 35.0 Å². The summed E-state index contributed by atoms with van der Waals surface area (Å²) in [5, 5.41) is 0. The van der Waals surface area contributed by atoms with Crippen LogP contribution in [0.3, 0.4) is 0 Å². The van der Waals surface area contributed by atoms with Crippen LogP contribution >= 0.6 is 11.7 Å². The zero-order chi connectivity index (χ0) is 7.68. The second kappa shape index (κ2) is 2.47. The first-order chi connectivity index (χ1) is 5.42. The van der Waals surface area contributed by atoms with Crippen LogP contribution in [-0.4, -0.2) is 15.9 Å². The lowest BCUT2D eigenvalue weighted by Crippen LogP contribution is -1.82. The molecule has 2 rings (SSSR count). The van der Waals surface area contributed by atoms with E-state index in [1.54, 1.807) is 7.11 Å². The molecule has 3 nitrogen and oxygen atoms in total. The van der Waals surface area contributed by atoms with Crippen molar-refractivity contribution in [2.24, 2.45) is 0 Å². The van der Waals surface area contributed by atoms with Crippen molar-refractivity contribution >= 4 is 22.8 Å². The first-order valence-corrected chi connectivity index (χ1v) is 3.90. The van der Waals surface area contributed by atoms with Crippen molar-refractivity contribution in [2.75, 3.05) is 7.11 Å². The van der Waals surface area contributed by atoms with Crippen LogP contribution in [0.2, 0.25) is 0 Å². The largest absolute Gasteiger partial charge is 0.494 e. The average Bonchev–Trinajstić information content (AvgIpc) is 2.50. The van der Waals surface area contributed by atoms with Gasteiger partial charge in [0, 0.05) is 0 Å². The molecule has 0 atom stereocenters. The minimum absolute atomic E-state index is 0.788. The Morgan fingerprint density at radius 3 is 3.09 bits per heavy atom. The maximum absolute atomic E-state index is 5.09. The van der Waals surface area contributed by atoms with E-state index >= 15 is 0 Å². The molecule has 0 bridgehead atoms. The van der Waals surface area contributed by atoms with E-state index in [4.69, 9.17) is 4.74 Å². The lowest BCUT2D eigenvalue weighted by atomic mass is 10.3. The van der Waals surface area contributed by atoms with Crippen LogP contribution in [0.15, 0.2) is 18.2 Å². The summed E-state index contributed by atoms with van der Waals surface area (Å²) >= 11 is 1.20. The molecule has 11 heavy (non-hydrogen) atoms. The molecule has 0 spiro atoms. The first kappa shape index (κ1) is 6.54. The molecule has 1 aromatic carbocycles. The first-order valence-electron chi connectivity index (χ1n) is 3.17. The van der Waals surface area contributed by atoms with Crippen LogP contribution in [0.5, 0.6) is 5.75 Å². The molecule has 0 unspecified atom stereocenters. The van der Waals surface area contributed by atoms with E-state index in [0.717, 1.165) is 16.8 Å². The molecular formula is C7H6N2OS. The van der Waals surface area contributed by atoms with Gasteiger partial charge in [-0.2, -0.15) is 8.75 Å². The molecule has 0 saturated heterocycles. The van der Waals surface area contributed by atoms with Crippen molar-refractivity contribution in [3.05, 3.63) is 18.2 Å². The number of ether oxygens (including phenoxy) is 1. The van der Waals surface area contributed by atoms with E-state index in [1.165, 1.54) is 11.7 Å². The third kappa shape index (κ3) is 0.952. The van der Waals surface area contributed by atoms with Gasteiger partial charge >= 0.3 is 0 Å². The molecule has 0 N–H and O–H groups in total. The fourth-order valence-corrected chi connectivity index (χ4v) is 1.49. The highest BCUT2D eigenvalue weighted by Gasteiger charge is 2.02. The maximum atomic E-state index is 5.09. The Kier molecular flexibility index (Phi) is 1.47. The van der Waals surface area contributed by atoms with Gasteiger partial charge in [-0.15, -0.1) is 0 Å². The van der Waals surface area contributed by atoms with Gasteiger partial charge in [0.25, 0.3) is 0 Å². The van der Waals surface area contributed by atoms with Crippen molar-refractivity contribution in [3.8, 4) is 5.75 Å². The number of hydrogen-bond acceptors (Lipinski definition) is 4. The summed E-state index contributed by atoms with van der Waals surface area (Å²) in [6, 6.07) is 5.70. The molecule has 1 heterocycles. The van der Waals surface area contributed by atoms with Gasteiger partial charge in [0.05, 0.1) is 18.8 Å². The van der Waals surface area contributed by atoms with Crippen LogP contribution in [0, 0.1) is 0 Å². The van der Waals surface area contributed by atoms with Crippen molar-refractivity contribution in [1.29, 1.82) is 0 Å². The SMILES string of the molecule is COc1cccc2nsnc12. The van der Waals surface area contributed by atoms with E-state index in [-0.39, 0.29) is 0 Å². The predicted molar refractivity (Wildman–Crippen MR) is 44.0 cm³/mol. The van der Waals surface area contributed by atoms with E-state index in [1.807, 2.05) is 18.2 Å². The summed E-state index contributed by atoms with van der Waals surface area (Å²) in [6.07, 6.45) is 0. The molecule has 56 valence electrons. The number of rotatable bonds is 1. The van der Waals surface area contributed by atoms with Crippen molar-refractivity contribution < 1.29 is 4.74 Å². The van der Waals surface area contributed by atoms with Gasteiger partial charge in [0.15, 0.2) is 0 Å². The van der Waals surface area contributed by atoms with E-state index in [2.05, 4.69) is 8.75 Å². The Morgan fingerprint density at radius 1 is 1.36 bits per heavy atom.